The summed E-state index contributed by atoms with van der Waals surface area (Å²) in [4.78, 5) is 32.9. The molecular weight excluding hydrogens is 489 g/mol. The number of aliphatic hydroxyl groups is 1. The molecule has 0 saturated heterocycles. The molecule has 10 nitrogen and oxygen atoms in total. The highest BCUT2D eigenvalue weighted by Crippen LogP contribution is 2.36. The van der Waals surface area contributed by atoms with Gasteiger partial charge in [0.25, 0.3) is 0 Å². The molecule has 3 heterocycles. The number of hydrogen-bond donors (Lipinski definition) is 3. The van der Waals surface area contributed by atoms with Crippen LogP contribution in [0.4, 0.5) is 36.4 Å². The van der Waals surface area contributed by atoms with Crippen molar-refractivity contribution < 1.29 is 23.1 Å². The third kappa shape index (κ3) is 5.71. The number of carbonyl (C=O) groups is 1. The Balaban J connectivity index is 1.48. The highest BCUT2D eigenvalue weighted by atomic mass is 19.4. The number of rotatable bonds is 7. The molecule has 0 bridgehead atoms. The van der Waals surface area contributed by atoms with Crippen molar-refractivity contribution in [1.29, 1.82) is 0 Å². The largest absolute Gasteiger partial charge is 0.434 e. The number of carbonyl (C=O) groups excluding carboxylic acids is 1. The SMILES string of the molecule is Cc1nc(NC2CC(N(CC(C)(C)O)c3cnc(C(F)(F)F)cn3)C2)nc2c1NC(=O)C(C(C)C)N2C. The lowest BCUT2D eigenvalue weighted by Gasteiger charge is -2.45. The molecule has 37 heavy (non-hydrogen) atoms. The van der Waals surface area contributed by atoms with Crippen molar-refractivity contribution in [3.05, 3.63) is 23.8 Å². The van der Waals surface area contributed by atoms with E-state index in [0.29, 0.717) is 42.2 Å². The first kappa shape index (κ1) is 26.8. The molecule has 1 saturated carbocycles. The molecule has 0 spiro atoms. The highest BCUT2D eigenvalue weighted by Gasteiger charge is 2.39. The third-order valence-corrected chi connectivity index (χ3v) is 6.64. The van der Waals surface area contributed by atoms with E-state index >= 15 is 0 Å². The molecule has 3 N–H and O–H groups in total. The summed E-state index contributed by atoms with van der Waals surface area (Å²) in [7, 11) is 1.84. The van der Waals surface area contributed by atoms with Crippen molar-refractivity contribution in [3.63, 3.8) is 0 Å². The number of anilines is 4. The maximum atomic E-state index is 12.9. The summed E-state index contributed by atoms with van der Waals surface area (Å²) in [6.45, 7) is 9.22. The van der Waals surface area contributed by atoms with Crippen LogP contribution in [0.2, 0.25) is 0 Å². The van der Waals surface area contributed by atoms with Gasteiger partial charge >= 0.3 is 6.18 Å². The standard InChI is InChI=1S/C24H33F3N8O2/c1-12(2)19-21(36)32-18-13(3)30-22(33-20(18)34(19)6)31-14-7-15(8-14)35(11-23(4,5)37)17-10-28-16(9-29-17)24(25,26)27/h9-10,12,14-15,19,37H,7-8,11H2,1-6H3,(H,32,36)(H,30,31,33). The fraction of sp³-hybridized carbons (Fsp3) is 0.625. The number of amides is 1. The number of nitrogens with zero attached hydrogens (tertiary/aromatic N) is 6. The van der Waals surface area contributed by atoms with Gasteiger partial charge in [0.2, 0.25) is 11.9 Å². The summed E-state index contributed by atoms with van der Waals surface area (Å²) in [6.07, 6.45) is -1.48. The quantitative estimate of drug-likeness (QED) is 0.504. The number of fused-ring (bicyclic) bond motifs is 1. The van der Waals surface area contributed by atoms with E-state index in [-0.39, 0.29) is 42.3 Å². The molecule has 2 aromatic heterocycles. The second-order valence-electron chi connectivity index (χ2n) is 10.8. The van der Waals surface area contributed by atoms with Crippen molar-refractivity contribution in [1.82, 2.24) is 19.9 Å². The lowest BCUT2D eigenvalue weighted by Crippen LogP contribution is -2.54. The lowest BCUT2D eigenvalue weighted by atomic mass is 9.85. The fourth-order valence-electron chi connectivity index (χ4n) is 4.85. The average Bonchev–Trinajstić information content (AvgIpc) is 2.74. The summed E-state index contributed by atoms with van der Waals surface area (Å²) in [6, 6.07) is -0.400. The second kappa shape index (κ2) is 9.58. The van der Waals surface area contributed by atoms with E-state index in [1.165, 1.54) is 0 Å². The molecule has 1 atom stereocenters. The van der Waals surface area contributed by atoms with Crippen LogP contribution in [0.5, 0.6) is 0 Å². The summed E-state index contributed by atoms with van der Waals surface area (Å²) < 4.78 is 38.8. The minimum Gasteiger partial charge on any atom is -0.389 e. The van der Waals surface area contributed by atoms with E-state index < -0.39 is 17.5 Å². The maximum absolute atomic E-state index is 12.9. The van der Waals surface area contributed by atoms with Crippen LogP contribution in [0.1, 0.15) is 51.9 Å². The van der Waals surface area contributed by atoms with Gasteiger partial charge in [0, 0.05) is 25.7 Å². The Kier molecular flexibility index (Phi) is 6.95. The predicted molar refractivity (Wildman–Crippen MR) is 134 cm³/mol. The smallest absolute Gasteiger partial charge is 0.389 e. The summed E-state index contributed by atoms with van der Waals surface area (Å²) in [5, 5.41) is 16.7. The molecule has 1 aliphatic carbocycles. The van der Waals surface area contributed by atoms with E-state index in [1.54, 1.807) is 18.7 Å². The molecular formula is C24H33F3N8O2. The van der Waals surface area contributed by atoms with Gasteiger partial charge in [-0.25, -0.2) is 15.0 Å². The number of aryl methyl sites for hydroxylation is 1. The topological polar surface area (TPSA) is 119 Å². The summed E-state index contributed by atoms with van der Waals surface area (Å²) in [5.41, 5.74) is -0.912. The van der Waals surface area contributed by atoms with Crippen LogP contribution < -0.4 is 20.4 Å². The Labute approximate surface area is 213 Å². The van der Waals surface area contributed by atoms with Crippen molar-refractivity contribution in [2.45, 2.75) is 77.4 Å². The summed E-state index contributed by atoms with van der Waals surface area (Å²) in [5.74, 6) is 1.36. The Morgan fingerprint density at radius 1 is 1.22 bits per heavy atom. The molecule has 1 aliphatic heterocycles. The molecule has 0 radical (unpaired) electrons. The second-order valence-corrected chi connectivity index (χ2v) is 10.8. The van der Waals surface area contributed by atoms with Crippen molar-refractivity contribution in [2.24, 2.45) is 5.92 Å². The molecule has 1 unspecified atom stereocenters. The van der Waals surface area contributed by atoms with Crippen LogP contribution >= 0.6 is 0 Å². The molecule has 1 fully saturated rings. The van der Waals surface area contributed by atoms with E-state index in [9.17, 15) is 23.1 Å². The zero-order chi connectivity index (χ0) is 27.3. The third-order valence-electron chi connectivity index (χ3n) is 6.64. The van der Waals surface area contributed by atoms with Crippen LogP contribution in [-0.4, -0.2) is 68.3 Å². The first-order chi connectivity index (χ1) is 17.1. The van der Waals surface area contributed by atoms with Crippen molar-refractivity contribution >= 4 is 29.2 Å². The molecule has 2 aliphatic rings. The predicted octanol–water partition coefficient (Wildman–Crippen LogP) is 3.23. The van der Waals surface area contributed by atoms with E-state index in [1.807, 2.05) is 32.7 Å². The average molecular weight is 523 g/mol. The number of aromatic nitrogens is 4. The number of nitrogens with one attached hydrogen (secondary N) is 2. The number of likely N-dealkylation sites (N-methyl/N-ethyl adjacent to an activating group) is 1. The van der Waals surface area contributed by atoms with Crippen LogP contribution in [0.25, 0.3) is 0 Å². The molecule has 4 rings (SSSR count). The molecule has 13 heteroatoms. The molecule has 0 aromatic carbocycles. The first-order valence-corrected chi connectivity index (χ1v) is 12.2. The Morgan fingerprint density at radius 3 is 2.43 bits per heavy atom. The Hall–Kier alpha value is -3.22. The van der Waals surface area contributed by atoms with Gasteiger partial charge in [-0.2, -0.15) is 18.2 Å². The highest BCUT2D eigenvalue weighted by molar-refractivity contribution is 6.03. The minimum absolute atomic E-state index is 0.0125. The zero-order valence-electron chi connectivity index (χ0n) is 21.8. The van der Waals surface area contributed by atoms with Gasteiger partial charge in [0.15, 0.2) is 11.5 Å². The fourth-order valence-corrected chi connectivity index (χ4v) is 4.85. The van der Waals surface area contributed by atoms with E-state index in [4.69, 9.17) is 0 Å². The van der Waals surface area contributed by atoms with Crippen LogP contribution in [-0.2, 0) is 11.0 Å². The van der Waals surface area contributed by atoms with Crippen LogP contribution in [0.3, 0.4) is 0 Å². The molecule has 202 valence electrons. The van der Waals surface area contributed by atoms with Gasteiger partial charge in [0.1, 0.15) is 17.5 Å². The number of halogens is 3. The van der Waals surface area contributed by atoms with E-state index in [0.717, 1.165) is 6.20 Å². The van der Waals surface area contributed by atoms with Gasteiger partial charge in [-0.1, -0.05) is 13.8 Å². The summed E-state index contributed by atoms with van der Waals surface area (Å²) >= 11 is 0. The Bertz CT molecular complexity index is 1140. The van der Waals surface area contributed by atoms with Gasteiger partial charge in [-0.3, -0.25) is 4.79 Å². The van der Waals surface area contributed by atoms with Crippen molar-refractivity contribution in [2.75, 3.05) is 34.0 Å². The van der Waals surface area contributed by atoms with Crippen LogP contribution in [0.15, 0.2) is 12.4 Å². The lowest BCUT2D eigenvalue weighted by molar-refractivity contribution is -0.141. The normalized spacial score (nSPS) is 21.9. The molecule has 1 amide bonds. The number of alkyl halides is 3. The zero-order valence-corrected chi connectivity index (χ0v) is 21.8. The van der Waals surface area contributed by atoms with Crippen LogP contribution in [0, 0.1) is 12.8 Å². The van der Waals surface area contributed by atoms with Gasteiger partial charge in [-0.15, -0.1) is 0 Å². The Morgan fingerprint density at radius 2 is 1.89 bits per heavy atom. The number of hydrogen-bond acceptors (Lipinski definition) is 9. The first-order valence-electron chi connectivity index (χ1n) is 12.2. The van der Waals surface area contributed by atoms with Gasteiger partial charge < -0.3 is 25.5 Å². The van der Waals surface area contributed by atoms with Gasteiger partial charge in [-0.05, 0) is 39.5 Å². The maximum Gasteiger partial charge on any atom is 0.434 e. The van der Waals surface area contributed by atoms with Gasteiger partial charge in [0.05, 0.1) is 23.7 Å². The minimum atomic E-state index is -4.57. The monoisotopic (exact) mass is 522 g/mol. The van der Waals surface area contributed by atoms with E-state index in [2.05, 4.69) is 30.6 Å². The molecule has 2 aromatic rings. The van der Waals surface area contributed by atoms with Crippen molar-refractivity contribution in [3.8, 4) is 0 Å².